The van der Waals surface area contributed by atoms with Crippen LogP contribution in [0.1, 0.15) is 12.8 Å². The number of rotatable bonds is 7. The first-order valence-corrected chi connectivity index (χ1v) is 6.43. The second-order valence-electron chi connectivity index (χ2n) is 4.32. The molecule has 0 unspecified atom stereocenters. The van der Waals surface area contributed by atoms with Gasteiger partial charge in [0.25, 0.3) is 0 Å². The van der Waals surface area contributed by atoms with Crippen LogP contribution in [0.25, 0.3) is 0 Å². The van der Waals surface area contributed by atoms with Crippen LogP contribution in [-0.4, -0.2) is 44.4 Å². The Morgan fingerprint density at radius 3 is 2.47 bits per heavy atom. The van der Waals surface area contributed by atoms with E-state index in [1.807, 2.05) is 30.3 Å². The molecule has 3 nitrogen and oxygen atoms in total. The molecule has 1 aromatic rings. The van der Waals surface area contributed by atoms with E-state index in [0.29, 0.717) is 13.2 Å². The number of benzene rings is 1. The Morgan fingerprint density at radius 1 is 0.941 bits per heavy atom. The zero-order chi connectivity index (χ0) is 11.8. The summed E-state index contributed by atoms with van der Waals surface area (Å²) in [4.78, 5) is 2.46. The predicted octanol–water partition coefficient (Wildman–Crippen LogP) is 2.18. The zero-order valence-corrected chi connectivity index (χ0v) is 10.3. The van der Waals surface area contributed by atoms with Crippen LogP contribution < -0.4 is 4.74 Å². The molecule has 0 N–H and O–H groups in total. The molecule has 0 atom stereocenters. The van der Waals surface area contributed by atoms with E-state index >= 15 is 0 Å². The lowest BCUT2D eigenvalue weighted by Gasteiger charge is -2.14. The van der Waals surface area contributed by atoms with Crippen molar-refractivity contribution in [2.75, 3.05) is 39.5 Å². The molecule has 0 radical (unpaired) electrons. The highest BCUT2D eigenvalue weighted by molar-refractivity contribution is 5.20. The Kier molecular flexibility index (Phi) is 5.33. The third kappa shape index (κ3) is 4.75. The van der Waals surface area contributed by atoms with E-state index in [1.165, 1.54) is 25.9 Å². The van der Waals surface area contributed by atoms with Gasteiger partial charge in [-0.3, -0.25) is 0 Å². The molecule has 94 valence electrons. The molecule has 1 saturated heterocycles. The average molecular weight is 235 g/mol. The Balaban J connectivity index is 1.46. The normalized spacial score (nSPS) is 16.2. The summed E-state index contributed by atoms with van der Waals surface area (Å²) in [5, 5.41) is 0. The van der Waals surface area contributed by atoms with Gasteiger partial charge in [-0.05, 0) is 38.1 Å². The van der Waals surface area contributed by atoms with Crippen molar-refractivity contribution in [3.8, 4) is 5.75 Å². The summed E-state index contributed by atoms with van der Waals surface area (Å²) in [7, 11) is 0. The lowest BCUT2D eigenvalue weighted by Crippen LogP contribution is -2.24. The van der Waals surface area contributed by atoms with Crippen molar-refractivity contribution in [3.63, 3.8) is 0 Å². The van der Waals surface area contributed by atoms with E-state index in [4.69, 9.17) is 9.47 Å². The lowest BCUT2D eigenvalue weighted by molar-refractivity contribution is 0.0846. The van der Waals surface area contributed by atoms with E-state index in [2.05, 4.69) is 4.90 Å². The highest BCUT2D eigenvalue weighted by Gasteiger charge is 2.10. The van der Waals surface area contributed by atoms with Gasteiger partial charge in [0.1, 0.15) is 12.4 Å². The second-order valence-corrected chi connectivity index (χ2v) is 4.32. The van der Waals surface area contributed by atoms with Gasteiger partial charge >= 0.3 is 0 Å². The molecule has 17 heavy (non-hydrogen) atoms. The van der Waals surface area contributed by atoms with Crippen molar-refractivity contribution in [1.29, 1.82) is 0 Å². The Hall–Kier alpha value is -1.06. The monoisotopic (exact) mass is 235 g/mol. The first-order chi connectivity index (χ1) is 8.45. The van der Waals surface area contributed by atoms with Gasteiger partial charge in [-0.2, -0.15) is 0 Å². The molecule has 1 heterocycles. The topological polar surface area (TPSA) is 21.7 Å². The van der Waals surface area contributed by atoms with Crippen molar-refractivity contribution < 1.29 is 9.47 Å². The number of nitrogens with zero attached hydrogens (tertiary/aromatic N) is 1. The summed E-state index contributed by atoms with van der Waals surface area (Å²) in [5.41, 5.74) is 0. The Labute approximate surface area is 103 Å². The molecule has 0 bridgehead atoms. The fourth-order valence-corrected chi connectivity index (χ4v) is 2.04. The van der Waals surface area contributed by atoms with Gasteiger partial charge in [0, 0.05) is 6.54 Å². The molecule has 0 saturated carbocycles. The highest BCUT2D eigenvalue weighted by Crippen LogP contribution is 2.08. The fraction of sp³-hybridized carbons (Fsp3) is 0.571. The van der Waals surface area contributed by atoms with Crippen molar-refractivity contribution in [2.24, 2.45) is 0 Å². The Bertz CT molecular complexity index is 296. The first-order valence-electron chi connectivity index (χ1n) is 6.43. The van der Waals surface area contributed by atoms with E-state index in [1.54, 1.807) is 0 Å². The van der Waals surface area contributed by atoms with Crippen molar-refractivity contribution in [1.82, 2.24) is 4.90 Å². The molecular weight excluding hydrogens is 214 g/mol. The zero-order valence-electron chi connectivity index (χ0n) is 10.3. The van der Waals surface area contributed by atoms with Crippen molar-refractivity contribution in [2.45, 2.75) is 12.8 Å². The average Bonchev–Trinajstić information content (AvgIpc) is 2.88. The largest absolute Gasteiger partial charge is 0.491 e. The minimum Gasteiger partial charge on any atom is -0.491 e. The van der Waals surface area contributed by atoms with Crippen LogP contribution in [-0.2, 0) is 4.74 Å². The molecule has 2 rings (SSSR count). The third-order valence-electron chi connectivity index (χ3n) is 2.99. The summed E-state index contributed by atoms with van der Waals surface area (Å²) >= 11 is 0. The second kappa shape index (κ2) is 7.30. The maximum absolute atomic E-state index is 5.55. The maximum atomic E-state index is 5.55. The quantitative estimate of drug-likeness (QED) is 0.676. The molecule has 1 aromatic carbocycles. The van der Waals surface area contributed by atoms with Crippen LogP contribution in [0.5, 0.6) is 5.75 Å². The van der Waals surface area contributed by atoms with Crippen LogP contribution in [0.2, 0.25) is 0 Å². The molecule has 3 heteroatoms. The summed E-state index contributed by atoms with van der Waals surface area (Å²) in [6.45, 7) is 5.66. The standard InChI is InChI=1S/C14H21NO2/c1-2-6-14(7-3-1)17-13-12-16-11-10-15-8-4-5-9-15/h1-3,6-7H,4-5,8-13H2. The minimum atomic E-state index is 0.629. The van der Waals surface area contributed by atoms with Crippen LogP contribution in [0, 0.1) is 0 Å². The third-order valence-corrected chi connectivity index (χ3v) is 2.99. The molecule has 0 amide bonds. The molecule has 0 aliphatic carbocycles. The molecule has 1 aliphatic rings. The molecular formula is C14H21NO2. The van der Waals surface area contributed by atoms with Gasteiger partial charge in [0.2, 0.25) is 0 Å². The predicted molar refractivity (Wildman–Crippen MR) is 68.4 cm³/mol. The smallest absolute Gasteiger partial charge is 0.119 e. The summed E-state index contributed by atoms with van der Waals surface area (Å²) in [5.74, 6) is 0.913. The number of likely N-dealkylation sites (tertiary alicyclic amines) is 1. The van der Waals surface area contributed by atoms with Gasteiger partial charge < -0.3 is 14.4 Å². The van der Waals surface area contributed by atoms with Crippen LogP contribution in [0.4, 0.5) is 0 Å². The molecule has 1 aliphatic heterocycles. The van der Waals surface area contributed by atoms with Crippen LogP contribution in [0.3, 0.4) is 0 Å². The van der Waals surface area contributed by atoms with Crippen molar-refractivity contribution in [3.05, 3.63) is 30.3 Å². The number of para-hydroxylation sites is 1. The van der Waals surface area contributed by atoms with Gasteiger partial charge in [0.05, 0.1) is 13.2 Å². The van der Waals surface area contributed by atoms with E-state index in [9.17, 15) is 0 Å². The first kappa shape index (κ1) is 12.4. The molecule has 1 fully saturated rings. The van der Waals surface area contributed by atoms with Crippen LogP contribution in [0.15, 0.2) is 30.3 Å². The van der Waals surface area contributed by atoms with Gasteiger partial charge in [-0.1, -0.05) is 18.2 Å². The maximum Gasteiger partial charge on any atom is 0.119 e. The van der Waals surface area contributed by atoms with E-state index in [-0.39, 0.29) is 0 Å². The van der Waals surface area contributed by atoms with E-state index < -0.39 is 0 Å². The number of ether oxygens (including phenoxy) is 2. The summed E-state index contributed by atoms with van der Waals surface area (Å²) < 4.78 is 11.1. The number of hydrogen-bond donors (Lipinski definition) is 0. The summed E-state index contributed by atoms with van der Waals surface area (Å²) in [6.07, 6.45) is 2.69. The van der Waals surface area contributed by atoms with Gasteiger partial charge in [0.15, 0.2) is 0 Å². The Morgan fingerprint density at radius 2 is 1.71 bits per heavy atom. The number of hydrogen-bond acceptors (Lipinski definition) is 3. The minimum absolute atomic E-state index is 0.629. The highest BCUT2D eigenvalue weighted by atomic mass is 16.5. The SMILES string of the molecule is c1ccc(OCCOCCN2CCCC2)cc1. The van der Waals surface area contributed by atoms with Gasteiger partial charge in [-0.25, -0.2) is 0 Å². The lowest BCUT2D eigenvalue weighted by atomic mass is 10.3. The van der Waals surface area contributed by atoms with Crippen LogP contribution >= 0.6 is 0 Å². The fourth-order valence-electron chi connectivity index (χ4n) is 2.04. The van der Waals surface area contributed by atoms with Gasteiger partial charge in [-0.15, -0.1) is 0 Å². The summed E-state index contributed by atoms with van der Waals surface area (Å²) in [6, 6.07) is 9.86. The van der Waals surface area contributed by atoms with Crippen molar-refractivity contribution >= 4 is 0 Å². The van der Waals surface area contributed by atoms with E-state index in [0.717, 1.165) is 18.9 Å². The molecule has 0 aromatic heterocycles. The molecule has 0 spiro atoms.